The Morgan fingerprint density at radius 1 is 1.41 bits per heavy atom. The van der Waals surface area contributed by atoms with Crippen molar-refractivity contribution in [2.75, 3.05) is 18.5 Å². The van der Waals surface area contributed by atoms with Crippen molar-refractivity contribution in [2.45, 2.75) is 46.2 Å². The fourth-order valence-corrected chi connectivity index (χ4v) is 1.61. The van der Waals surface area contributed by atoms with Gasteiger partial charge in [0.15, 0.2) is 0 Å². The highest BCUT2D eigenvalue weighted by Gasteiger charge is 2.03. The Kier molecular flexibility index (Phi) is 5.98. The van der Waals surface area contributed by atoms with Gasteiger partial charge in [0, 0.05) is 32.4 Å². The van der Waals surface area contributed by atoms with E-state index in [0.717, 1.165) is 18.9 Å². The predicted octanol–water partition coefficient (Wildman–Crippen LogP) is 2.82. The summed E-state index contributed by atoms with van der Waals surface area (Å²) >= 11 is 0. The Balaban J connectivity index is 2.58. The summed E-state index contributed by atoms with van der Waals surface area (Å²) in [5, 5.41) is 3.42. The highest BCUT2D eigenvalue weighted by atomic mass is 15.2. The van der Waals surface area contributed by atoms with Crippen LogP contribution in [0.15, 0.2) is 18.3 Å². The van der Waals surface area contributed by atoms with Crippen molar-refractivity contribution in [3.05, 3.63) is 23.9 Å². The third kappa shape index (κ3) is 5.18. The smallest absolute Gasteiger partial charge is 0.128 e. The summed E-state index contributed by atoms with van der Waals surface area (Å²) < 4.78 is 0. The van der Waals surface area contributed by atoms with Gasteiger partial charge in [-0.05, 0) is 24.1 Å². The largest absolute Gasteiger partial charge is 0.360 e. The first-order chi connectivity index (χ1) is 8.13. The summed E-state index contributed by atoms with van der Waals surface area (Å²) in [6.07, 6.45) is 4.33. The van der Waals surface area contributed by atoms with Crippen molar-refractivity contribution in [2.24, 2.45) is 0 Å². The molecule has 0 saturated heterocycles. The van der Waals surface area contributed by atoms with Crippen LogP contribution in [0.1, 0.15) is 39.2 Å². The highest BCUT2D eigenvalue weighted by molar-refractivity contribution is 5.39. The molecule has 0 aliphatic carbocycles. The maximum absolute atomic E-state index is 4.42. The average molecular weight is 235 g/mol. The number of anilines is 1. The van der Waals surface area contributed by atoms with E-state index in [-0.39, 0.29) is 0 Å². The van der Waals surface area contributed by atoms with Crippen LogP contribution in [0.4, 0.5) is 5.82 Å². The van der Waals surface area contributed by atoms with E-state index in [9.17, 15) is 0 Å². The molecule has 0 fully saturated rings. The van der Waals surface area contributed by atoms with Gasteiger partial charge in [-0.2, -0.15) is 0 Å². The van der Waals surface area contributed by atoms with E-state index in [0.29, 0.717) is 6.04 Å². The number of nitrogens with one attached hydrogen (secondary N) is 1. The van der Waals surface area contributed by atoms with Crippen LogP contribution in [-0.2, 0) is 6.54 Å². The topological polar surface area (TPSA) is 28.2 Å². The molecule has 1 aromatic heterocycles. The third-order valence-corrected chi connectivity index (χ3v) is 2.76. The first kappa shape index (κ1) is 14.0. The maximum Gasteiger partial charge on any atom is 0.128 e. The maximum atomic E-state index is 4.42. The molecule has 1 heterocycles. The Morgan fingerprint density at radius 2 is 2.18 bits per heavy atom. The molecule has 0 aliphatic rings. The molecule has 0 radical (unpaired) electrons. The van der Waals surface area contributed by atoms with Crippen molar-refractivity contribution < 1.29 is 0 Å². The minimum atomic E-state index is 0.518. The molecule has 0 amide bonds. The van der Waals surface area contributed by atoms with Gasteiger partial charge in [-0.3, -0.25) is 0 Å². The summed E-state index contributed by atoms with van der Waals surface area (Å²) in [7, 11) is 2.11. The molecule has 0 unspecified atom stereocenters. The van der Waals surface area contributed by atoms with Crippen LogP contribution < -0.4 is 10.2 Å². The zero-order chi connectivity index (χ0) is 12.7. The monoisotopic (exact) mass is 235 g/mol. The van der Waals surface area contributed by atoms with Gasteiger partial charge in [0.1, 0.15) is 5.82 Å². The van der Waals surface area contributed by atoms with Crippen molar-refractivity contribution >= 4 is 5.82 Å². The van der Waals surface area contributed by atoms with Gasteiger partial charge in [-0.15, -0.1) is 0 Å². The Labute approximate surface area is 105 Å². The third-order valence-electron chi connectivity index (χ3n) is 2.76. The molecule has 1 aromatic rings. The van der Waals surface area contributed by atoms with Crippen LogP contribution in [0.3, 0.4) is 0 Å². The number of rotatable bonds is 7. The summed E-state index contributed by atoms with van der Waals surface area (Å²) in [6.45, 7) is 8.52. The second-order valence-corrected chi connectivity index (χ2v) is 4.83. The van der Waals surface area contributed by atoms with E-state index in [4.69, 9.17) is 0 Å². The number of nitrogens with zero attached hydrogens (tertiary/aromatic N) is 2. The van der Waals surface area contributed by atoms with Gasteiger partial charge in [0.25, 0.3) is 0 Å². The fraction of sp³-hybridized carbons (Fsp3) is 0.643. The molecule has 0 aliphatic heterocycles. The minimum Gasteiger partial charge on any atom is -0.360 e. The summed E-state index contributed by atoms with van der Waals surface area (Å²) in [4.78, 5) is 6.64. The van der Waals surface area contributed by atoms with Gasteiger partial charge >= 0.3 is 0 Å². The molecule has 17 heavy (non-hydrogen) atoms. The van der Waals surface area contributed by atoms with E-state index in [1.165, 1.54) is 18.4 Å². The second kappa shape index (κ2) is 7.28. The highest BCUT2D eigenvalue weighted by Crippen LogP contribution is 2.11. The number of pyridine rings is 1. The molecule has 1 N–H and O–H groups in total. The molecule has 0 spiro atoms. The van der Waals surface area contributed by atoms with Crippen molar-refractivity contribution in [1.29, 1.82) is 0 Å². The summed E-state index contributed by atoms with van der Waals surface area (Å²) in [6, 6.07) is 4.77. The van der Waals surface area contributed by atoms with Crippen LogP contribution in [0.2, 0.25) is 0 Å². The van der Waals surface area contributed by atoms with Crippen molar-refractivity contribution in [1.82, 2.24) is 10.3 Å². The molecule has 0 bridgehead atoms. The minimum absolute atomic E-state index is 0.518. The van der Waals surface area contributed by atoms with E-state index in [1.807, 2.05) is 6.20 Å². The molecular formula is C14H25N3. The number of hydrogen-bond acceptors (Lipinski definition) is 3. The summed E-state index contributed by atoms with van der Waals surface area (Å²) in [5.41, 5.74) is 1.30. The van der Waals surface area contributed by atoms with E-state index in [2.05, 4.69) is 55.2 Å². The Bertz CT molecular complexity index is 323. The first-order valence-electron chi connectivity index (χ1n) is 6.53. The average Bonchev–Trinajstić information content (AvgIpc) is 2.33. The molecular weight excluding hydrogens is 210 g/mol. The first-order valence-corrected chi connectivity index (χ1v) is 6.53. The second-order valence-electron chi connectivity index (χ2n) is 4.83. The van der Waals surface area contributed by atoms with Gasteiger partial charge in [-0.25, -0.2) is 4.98 Å². The molecule has 0 saturated carbocycles. The van der Waals surface area contributed by atoms with Crippen LogP contribution in [0.5, 0.6) is 0 Å². The molecule has 3 nitrogen and oxygen atoms in total. The number of aromatic nitrogens is 1. The Morgan fingerprint density at radius 3 is 2.82 bits per heavy atom. The quantitative estimate of drug-likeness (QED) is 0.787. The van der Waals surface area contributed by atoms with Crippen molar-refractivity contribution in [3.8, 4) is 0 Å². The van der Waals surface area contributed by atoms with Gasteiger partial charge < -0.3 is 10.2 Å². The lowest BCUT2D eigenvalue weighted by Crippen LogP contribution is -2.23. The van der Waals surface area contributed by atoms with E-state index in [1.54, 1.807) is 0 Å². The molecule has 1 rings (SSSR count). The molecule has 3 heteroatoms. The lowest BCUT2D eigenvalue weighted by atomic mass is 10.2. The zero-order valence-corrected chi connectivity index (χ0v) is 11.5. The van der Waals surface area contributed by atoms with Crippen molar-refractivity contribution in [3.63, 3.8) is 0 Å². The Hall–Kier alpha value is -1.09. The lowest BCUT2D eigenvalue weighted by Gasteiger charge is -2.18. The normalized spacial score (nSPS) is 10.9. The van der Waals surface area contributed by atoms with E-state index < -0.39 is 0 Å². The number of hydrogen-bond donors (Lipinski definition) is 1. The van der Waals surface area contributed by atoms with Gasteiger partial charge in [-0.1, -0.05) is 27.2 Å². The SMILES string of the molecule is CCCCN(C)c1cc(CNC(C)C)ccn1. The molecule has 0 aromatic carbocycles. The lowest BCUT2D eigenvalue weighted by molar-refractivity contribution is 0.588. The summed E-state index contributed by atoms with van der Waals surface area (Å²) in [5.74, 6) is 1.07. The standard InChI is InChI=1S/C14H25N3/c1-5-6-9-17(4)14-10-13(7-8-15-14)11-16-12(2)3/h7-8,10,12,16H,5-6,9,11H2,1-4H3. The number of unbranched alkanes of at least 4 members (excludes halogenated alkanes) is 1. The molecule has 0 atom stereocenters. The molecule has 96 valence electrons. The van der Waals surface area contributed by atoms with Gasteiger partial charge in [0.2, 0.25) is 0 Å². The van der Waals surface area contributed by atoms with Crippen LogP contribution in [0.25, 0.3) is 0 Å². The van der Waals surface area contributed by atoms with Crippen LogP contribution in [-0.4, -0.2) is 24.6 Å². The van der Waals surface area contributed by atoms with Crippen LogP contribution >= 0.6 is 0 Å². The van der Waals surface area contributed by atoms with E-state index >= 15 is 0 Å². The van der Waals surface area contributed by atoms with Crippen LogP contribution in [0, 0.1) is 0 Å². The predicted molar refractivity (Wildman–Crippen MR) is 74.4 cm³/mol. The van der Waals surface area contributed by atoms with Gasteiger partial charge in [0.05, 0.1) is 0 Å². The fourth-order valence-electron chi connectivity index (χ4n) is 1.61. The zero-order valence-electron chi connectivity index (χ0n) is 11.5.